The highest BCUT2D eigenvalue weighted by Crippen LogP contribution is 2.05. The van der Waals surface area contributed by atoms with Gasteiger partial charge in [-0.15, -0.1) is 0 Å². The number of hydrogen-bond acceptors (Lipinski definition) is 6. The SMILES string of the molecule is CC(C)(C)OCCOCCOCCCOCCOCCN.[HH]. The van der Waals surface area contributed by atoms with E-state index in [4.69, 9.17) is 29.4 Å². The van der Waals surface area contributed by atoms with Crippen molar-refractivity contribution in [1.29, 1.82) is 0 Å². The van der Waals surface area contributed by atoms with Gasteiger partial charge in [-0.25, -0.2) is 0 Å². The Hall–Kier alpha value is -0.240. The Morgan fingerprint density at radius 1 is 0.667 bits per heavy atom. The van der Waals surface area contributed by atoms with Crippen molar-refractivity contribution >= 4 is 0 Å². The molecule has 0 unspecified atom stereocenters. The summed E-state index contributed by atoms with van der Waals surface area (Å²) >= 11 is 0. The van der Waals surface area contributed by atoms with E-state index in [-0.39, 0.29) is 7.03 Å². The van der Waals surface area contributed by atoms with Crippen LogP contribution in [0.5, 0.6) is 0 Å². The molecule has 0 saturated carbocycles. The van der Waals surface area contributed by atoms with Gasteiger partial charge < -0.3 is 29.4 Å². The fourth-order valence-corrected chi connectivity index (χ4v) is 1.40. The zero-order chi connectivity index (χ0) is 15.8. The topological polar surface area (TPSA) is 72.2 Å². The molecule has 0 aromatic rings. The maximum atomic E-state index is 5.54. The molecule has 130 valence electrons. The molecule has 0 aliphatic heterocycles. The van der Waals surface area contributed by atoms with Crippen molar-refractivity contribution in [2.24, 2.45) is 5.73 Å². The van der Waals surface area contributed by atoms with E-state index in [1.54, 1.807) is 0 Å². The molecular weight excluding hydrogens is 274 g/mol. The first kappa shape index (κ1) is 20.8. The average Bonchev–Trinajstić information content (AvgIpc) is 2.42. The van der Waals surface area contributed by atoms with E-state index in [2.05, 4.69) is 0 Å². The molecule has 0 aromatic heterocycles. The zero-order valence-corrected chi connectivity index (χ0v) is 13.9. The molecular formula is C15H35NO5. The van der Waals surface area contributed by atoms with Gasteiger partial charge in [-0.05, 0) is 27.2 Å². The van der Waals surface area contributed by atoms with Crippen molar-refractivity contribution in [1.82, 2.24) is 0 Å². The molecule has 0 fully saturated rings. The quantitative estimate of drug-likeness (QED) is 0.462. The van der Waals surface area contributed by atoms with Gasteiger partial charge in [0.05, 0.1) is 51.8 Å². The van der Waals surface area contributed by atoms with Gasteiger partial charge in [-0.2, -0.15) is 0 Å². The van der Waals surface area contributed by atoms with Gasteiger partial charge in [0.15, 0.2) is 0 Å². The van der Waals surface area contributed by atoms with E-state index in [0.717, 1.165) is 6.42 Å². The predicted molar refractivity (Wildman–Crippen MR) is 84.8 cm³/mol. The predicted octanol–water partition coefficient (Wildman–Crippen LogP) is 1.46. The second-order valence-electron chi connectivity index (χ2n) is 5.55. The van der Waals surface area contributed by atoms with Crippen LogP contribution in [0.25, 0.3) is 0 Å². The first-order valence-corrected chi connectivity index (χ1v) is 7.71. The van der Waals surface area contributed by atoms with Crippen molar-refractivity contribution in [3.05, 3.63) is 0 Å². The van der Waals surface area contributed by atoms with Crippen molar-refractivity contribution in [2.75, 3.05) is 66.0 Å². The van der Waals surface area contributed by atoms with Gasteiger partial charge in [0.1, 0.15) is 0 Å². The highest BCUT2D eigenvalue weighted by atomic mass is 16.6. The van der Waals surface area contributed by atoms with E-state index < -0.39 is 0 Å². The highest BCUT2D eigenvalue weighted by molar-refractivity contribution is 4.57. The smallest absolute Gasteiger partial charge is 0.0707 e. The number of nitrogens with two attached hydrogens (primary N) is 1. The summed E-state index contributed by atoms with van der Waals surface area (Å²) in [6, 6.07) is 0. The molecule has 0 aliphatic rings. The molecule has 2 N–H and O–H groups in total. The molecule has 0 aromatic carbocycles. The first-order valence-electron chi connectivity index (χ1n) is 7.71. The largest absolute Gasteiger partial charge is 0.379 e. The maximum Gasteiger partial charge on any atom is 0.0707 e. The Morgan fingerprint density at radius 3 is 1.57 bits per heavy atom. The van der Waals surface area contributed by atoms with E-state index in [1.165, 1.54) is 0 Å². The molecule has 21 heavy (non-hydrogen) atoms. The van der Waals surface area contributed by atoms with Crippen LogP contribution in [0.3, 0.4) is 0 Å². The fourth-order valence-electron chi connectivity index (χ4n) is 1.40. The summed E-state index contributed by atoms with van der Waals surface area (Å²) in [5.41, 5.74) is 5.19. The molecule has 0 bridgehead atoms. The second kappa shape index (κ2) is 14.7. The number of ether oxygens (including phenoxy) is 5. The van der Waals surface area contributed by atoms with Gasteiger partial charge in [-0.3, -0.25) is 0 Å². The highest BCUT2D eigenvalue weighted by Gasteiger charge is 2.08. The monoisotopic (exact) mass is 309 g/mol. The molecule has 0 aliphatic carbocycles. The van der Waals surface area contributed by atoms with Crippen LogP contribution < -0.4 is 5.73 Å². The van der Waals surface area contributed by atoms with E-state index >= 15 is 0 Å². The van der Waals surface area contributed by atoms with E-state index in [9.17, 15) is 0 Å². The molecule has 0 amide bonds. The molecule has 0 heterocycles. The van der Waals surface area contributed by atoms with Gasteiger partial charge >= 0.3 is 0 Å². The lowest BCUT2D eigenvalue weighted by Gasteiger charge is -2.19. The number of rotatable bonds is 15. The van der Waals surface area contributed by atoms with Crippen molar-refractivity contribution in [2.45, 2.75) is 32.8 Å². The first-order chi connectivity index (χ1) is 10.1. The maximum absolute atomic E-state index is 5.54. The van der Waals surface area contributed by atoms with Crippen molar-refractivity contribution in [3.63, 3.8) is 0 Å². The Balaban J connectivity index is 0. The summed E-state index contributed by atoms with van der Waals surface area (Å²) in [5, 5.41) is 0. The Bertz CT molecular complexity index is 215. The normalized spacial score (nSPS) is 12.0. The molecule has 0 rings (SSSR count). The second-order valence-corrected chi connectivity index (χ2v) is 5.55. The minimum absolute atomic E-state index is 0. The van der Waals surface area contributed by atoms with E-state index in [1.807, 2.05) is 20.8 Å². The summed E-state index contributed by atoms with van der Waals surface area (Å²) in [4.78, 5) is 0. The molecule has 0 atom stereocenters. The third-order valence-electron chi connectivity index (χ3n) is 2.35. The third-order valence-corrected chi connectivity index (χ3v) is 2.35. The zero-order valence-electron chi connectivity index (χ0n) is 13.9. The van der Waals surface area contributed by atoms with Gasteiger partial charge in [-0.1, -0.05) is 0 Å². The van der Waals surface area contributed by atoms with E-state index in [0.29, 0.717) is 66.0 Å². The van der Waals surface area contributed by atoms with Gasteiger partial charge in [0, 0.05) is 21.2 Å². The number of hydrogen-bond donors (Lipinski definition) is 1. The Morgan fingerprint density at radius 2 is 1.10 bits per heavy atom. The summed E-state index contributed by atoms with van der Waals surface area (Å²) < 4.78 is 26.9. The minimum atomic E-state index is -0.102. The lowest BCUT2D eigenvalue weighted by Crippen LogP contribution is -2.22. The minimum Gasteiger partial charge on any atom is -0.379 e. The summed E-state index contributed by atoms with van der Waals surface area (Å²) in [6.07, 6.45) is 0.879. The van der Waals surface area contributed by atoms with Crippen molar-refractivity contribution in [3.8, 4) is 0 Å². The standard InChI is InChI=1S/C15H33NO5.H2/c1-15(2,3)21-14-13-20-12-10-18-7-4-6-17-9-11-19-8-5-16;/h4-14,16H2,1-3H3;1H. The van der Waals surface area contributed by atoms with Crippen LogP contribution >= 0.6 is 0 Å². The summed E-state index contributed by atoms with van der Waals surface area (Å²) in [5.74, 6) is 0. The fraction of sp³-hybridized carbons (Fsp3) is 1.00. The van der Waals surface area contributed by atoms with Crippen LogP contribution in [-0.2, 0) is 23.7 Å². The van der Waals surface area contributed by atoms with Crippen LogP contribution in [0.4, 0.5) is 0 Å². The van der Waals surface area contributed by atoms with Crippen LogP contribution in [-0.4, -0.2) is 71.6 Å². The van der Waals surface area contributed by atoms with Gasteiger partial charge in [0.2, 0.25) is 0 Å². The molecule has 6 heteroatoms. The Kier molecular flexibility index (Phi) is 14.5. The Labute approximate surface area is 130 Å². The van der Waals surface area contributed by atoms with Crippen LogP contribution in [0.1, 0.15) is 28.6 Å². The molecule has 0 radical (unpaired) electrons. The van der Waals surface area contributed by atoms with Crippen molar-refractivity contribution < 1.29 is 25.1 Å². The lowest BCUT2D eigenvalue weighted by molar-refractivity contribution is -0.0432. The summed E-state index contributed by atoms with van der Waals surface area (Å²) in [6.45, 7) is 12.2. The average molecular weight is 309 g/mol. The lowest BCUT2D eigenvalue weighted by atomic mass is 10.2. The van der Waals surface area contributed by atoms with Crippen LogP contribution in [0.15, 0.2) is 0 Å². The van der Waals surface area contributed by atoms with Crippen LogP contribution in [0, 0.1) is 0 Å². The molecule has 0 spiro atoms. The van der Waals surface area contributed by atoms with Crippen LogP contribution in [0.2, 0.25) is 0 Å². The molecule has 6 nitrogen and oxygen atoms in total. The van der Waals surface area contributed by atoms with Gasteiger partial charge in [0.25, 0.3) is 0 Å². The molecule has 0 saturated heterocycles. The summed E-state index contributed by atoms with van der Waals surface area (Å²) in [7, 11) is 0. The third kappa shape index (κ3) is 19.8.